The highest BCUT2D eigenvalue weighted by Gasteiger charge is 2.32. The van der Waals surface area contributed by atoms with Crippen molar-refractivity contribution in [1.82, 2.24) is 10.6 Å². The molecule has 1 aliphatic rings. The van der Waals surface area contributed by atoms with E-state index in [-0.39, 0.29) is 42.5 Å². The summed E-state index contributed by atoms with van der Waals surface area (Å²) in [5.41, 5.74) is 0.994. The number of ether oxygens (including phenoxy) is 2. The summed E-state index contributed by atoms with van der Waals surface area (Å²) in [7, 11) is 0. The van der Waals surface area contributed by atoms with E-state index in [9.17, 15) is 23.5 Å². The molecule has 0 radical (unpaired) electrons. The maximum Gasteiger partial charge on any atom is 0.262 e. The molecule has 2 aromatic carbocycles. The molecule has 2 atom stereocenters. The van der Waals surface area contributed by atoms with Crippen molar-refractivity contribution in [2.24, 2.45) is 0 Å². The van der Waals surface area contributed by atoms with Gasteiger partial charge in [0.2, 0.25) is 0 Å². The molecular weight excluding hydrogens is 458 g/mol. The van der Waals surface area contributed by atoms with Crippen LogP contribution in [0.1, 0.15) is 30.1 Å². The number of carbonyl (C=O) groups is 2. The van der Waals surface area contributed by atoms with Crippen molar-refractivity contribution in [3.8, 4) is 11.5 Å². The van der Waals surface area contributed by atoms with Crippen LogP contribution in [0.2, 0.25) is 5.02 Å². The second kappa shape index (κ2) is 10.6. The fourth-order valence-corrected chi connectivity index (χ4v) is 3.30. The Balaban J connectivity index is 1.41. The predicted molar refractivity (Wildman–Crippen MR) is 117 cm³/mol. The fraction of sp³-hybridized carbons (Fsp3) is 0.304. The Morgan fingerprint density at radius 3 is 2.76 bits per heavy atom. The molecular formula is C23H23ClF2N2O5. The average Bonchev–Trinajstić information content (AvgIpc) is 2.75. The number of aryl methyl sites for hydroxylation is 1. The molecule has 176 valence electrons. The lowest BCUT2D eigenvalue weighted by Gasteiger charge is -2.29. The molecule has 2 aromatic rings. The molecule has 0 aromatic heterocycles. The average molecular weight is 481 g/mol. The number of benzene rings is 2. The maximum atomic E-state index is 13.7. The van der Waals surface area contributed by atoms with Crippen molar-refractivity contribution in [3.63, 3.8) is 0 Å². The summed E-state index contributed by atoms with van der Waals surface area (Å²) in [6.07, 6.45) is -1.73. The molecule has 0 saturated carbocycles. The molecule has 0 bridgehead atoms. The minimum atomic E-state index is -1.03. The zero-order valence-corrected chi connectivity index (χ0v) is 18.5. The Hall–Kier alpha value is -3.17. The molecule has 0 unspecified atom stereocenters. The van der Waals surface area contributed by atoms with Crippen LogP contribution in [-0.4, -0.2) is 36.2 Å². The predicted octanol–water partition coefficient (Wildman–Crippen LogP) is 3.33. The molecule has 0 fully saturated rings. The van der Waals surface area contributed by atoms with Crippen molar-refractivity contribution < 1.29 is 33.0 Å². The van der Waals surface area contributed by atoms with Gasteiger partial charge in [0.15, 0.2) is 12.7 Å². The molecule has 1 heterocycles. The van der Waals surface area contributed by atoms with Gasteiger partial charge in [-0.05, 0) is 36.8 Å². The van der Waals surface area contributed by atoms with Crippen molar-refractivity contribution in [1.29, 1.82) is 0 Å². The first-order chi connectivity index (χ1) is 15.6. The van der Waals surface area contributed by atoms with Crippen molar-refractivity contribution >= 4 is 23.4 Å². The van der Waals surface area contributed by atoms with E-state index in [1.165, 1.54) is 24.3 Å². The van der Waals surface area contributed by atoms with Crippen LogP contribution in [0.3, 0.4) is 0 Å². The van der Waals surface area contributed by atoms with E-state index < -0.39 is 35.7 Å². The lowest BCUT2D eigenvalue weighted by molar-refractivity contribution is -0.130. The number of hydrogen-bond donors (Lipinski definition) is 3. The van der Waals surface area contributed by atoms with Crippen LogP contribution in [0.5, 0.6) is 11.5 Å². The number of halogens is 3. The quantitative estimate of drug-likeness (QED) is 0.538. The van der Waals surface area contributed by atoms with Gasteiger partial charge < -0.3 is 25.2 Å². The molecule has 33 heavy (non-hydrogen) atoms. The third-order valence-corrected chi connectivity index (χ3v) is 5.26. The van der Waals surface area contributed by atoms with E-state index in [1.54, 1.807) is 6.92 Å². The Labute approximate surface area is 194 Å². The van der Waals surface area contributed by atoms with Gasteiger partial charge in [-0.25, -0.2) is 8.78 Å². The molecule has 0 spiro atoms. The topological polar surface area (TPSA) is 96.9 Å². The van der Waals surface area contributed by atoms with Crippen molar-refractivity contribution in [2.75, 3.05) is 13.2 Å². The van der Waals surface area contributed by atoms with Crippen LogP contribution >= 0.6 is 11.6 Å². The van der Waals surface area contributed by atoms with Gasteiger partial charge in [-0.1, -0.05) is 18.2 Å². The number of carbonyl (C=O) groups excluding carboxylic acids is 2. The van der Waals surface area contributed by atoms with Crippen LogP contribution in [0.15, 0.2) is 42.6 Å². The van der Waals surface area contributed by atoms with Gasteiger partial charge in [0, 0.05) is 36.7 Å². The van der Waals surface area contributed by atoms with Crippen LogP contribution in [-0.2, 0) is 9.59 Å². The molecule has 3 rings (SSSR count). The lowest BCUT2D eigenvalue weighted by atomic mass is 9.97. The third-order valence-electron chi connectivity index (χ3n) is 4.95. The summed E-state index contributed by atoms with van der Waals surface area (Å²) in [4.78, 5) is 24.4. The molecule has 3 N–H and O–H groups in total. The zero-order valence-electron chi connectivity index (χ0n) is 17.8. The highest BCUT2D eigenvalue weighted by atomic mass is 35.5. The minimum absolute atomic E-state index is 0.0123. The van der Waals surface area contributed by atoms with E-state index in [4.69, 9.17) is 21.1 Å². The zero-order chi connectivity index (χ0) is 24.1. The first-order valence-electron chi connectivity index (χ1n) is 10.1. The summed E-state index contributed by atoms with van der Waals surface area (Å²) in [6.45, 7) is 5.08. The summed E-state index contributed by atoms with van der Waals surface area (Å²) >= 11 is 5.59. The largest absolute Gasteiger partial charge is 0.484 e. The van der Waals surface area contributed by atoms with E-state index >= 15 is 0 Å². The number of nitrogens with one attached hydrogen (secondary N) is 2. The number of aliphatic hydroxyl groups excluding tert-OH is 1. The monoisotopic (exact) mass is 480 g/mol. The Morgan fingerprint density at radius 1 is 1.27 bits per heavy atom. The smallest absolute Gasteiger partial charge is 0.262 e. The molecule has 0 aliphatic carbocycles. The first kappa shape index (κ1) is 24.5. The Morgan fingerprint density at radius 2 is 2.03 bits per heavy atom. The highest BCUT2D eigenvalue weighted by Crippen LogP contribution is 2.36. The van der Waals surface area contributed by atoms with E-state index in [0.29, 0.717) is 16.8 Å². The number of fused-ring (bicyclic) bond motifs is 1. The van der Waals surface area contributed by atoms with Gasteiger partial charge >= 0.3 is 0 Å². The number of hydrogen-bond acceptors (Lipinski definition) is 5. The number of amides is 2. The number of aliphatic hydroxyl groups is 1. The van der Waals surface area contributed by atoms with E-state index in [1.807, 2.05) is 0 Å². The van der Waals surface area contributed by atoms with E-state index in [0.717, 1.165) is 6.07 Å². The summed E-state index contributed by atoms with van der Waals surface area (Å²) in [5, 5.41) is 15.4. The molecule has 0 saturated heterocycles. The van der Waals surface area contributed by atoms with Crippen LogP contribution in [0.4, 0.5) is 8.78 Å². The SMILES string of the molecule is C=C(CCNC(=O)[C@@H]1C[C@H](O)c2cc(F)c(C)cc2O1)NC(=O)COc1ccc(Cl)c(F)c1. The number of rotatable bonds is 8. The molecule has 2 amide bonds. The van der Waals surface area contributed by atoms with Gasteiger partial charge in [-0.2, -0.15) is 0 Å². The van der Waals surface area contributed by atoms with Gasteiger partial charge in [0.1, 0.15) is 23.1 Å². The summed E-state index contributed by atoms with van der Waals surface area (Å²) in [6, 6.07) is 6.48. The van der Waals surface area contributed by atoms with Gasteiger partial charge in [0.05, 0.1) is 11.1 Å². The first-order valence-corrected chi connectivity index (χ1v) is 10.5. The van der Waals surface area contributed by atoms with Gasteiger partial charge in [-0.3, -0.25) is 9.59 Å². The second-order valence-corrected chi connectivity index (χ2v) is 7.96. The Kier molecular flexibility index (Phi) is 7.88. The summed E-state index contributed by atoms with van der Waals surface area (Å²) < 4.78 is 37.9. The minimum Gasteiger partial charge on any atom is -0.484 e. The lowest BCUT2D eigenvalue weighted by Crippen LogP contribution is -2.42. The van der Waals surface area contributed by atoms with Gasteiger partial charge in [0.25, 0.3) is 11.8 Å². The van der Waals surface area contributed by atoms with Gasteiger partial charge in [-0.15, -0.1) is 0 Å². The van der Waals surface area contributed by atoms with Crippen molar-refractivity contribution in [2.45, 2.75) is 32.0 Å². The standard InChI is InChI=1S/C23H23ClF2N2O5/c1-12-7-20-15(9-17(12)25)19(29)10-21(33-20)23(31)27-6-5-13(2)28-22(30)11-32-14-3-4-16(24)18(26)8-14/h3-4,7-9,19,21,29H,2,5-6,10-11H2,1H3,(H,27,31)(H,28,30)/t19-,21-/m0/s1. The maximum absolute atomic E-state index is 13.7. The normalized spacial score (nSPS) is 16.9. The van der Waals surface area contributed by atoms with E-state index in [2.05, 4.69) is 17.2 Å². The molecule has 7 nitrogen and oxygen atoms in total. The fourth-order valence-electron chi connectivity index (χ4n) is 3.19. The Bertz CT molecular complexity index is 1080. The second-order valence-electron chi connectivity index (χ2n) is 7.55. The third kappa shape index (κ3) is 6.43. The highest BCUT2D eigenvalue weighted by molar-refractivity contribution is 6.30. The molecule has 1 aliphatic heterocycles. The van der Waals surface area contributed by atoms with Crippen LogP contribution in [0.25, 0.3) is 0 Å². The van der Waals surface area contributed by atoms with Crippen molar-refractivity contribution in [3.05, 3.63) is 70.4 Å². The summed E-state index contributed by atoms with van der Waals surface area (Å²) in [5.74, 6) is -1.64. The molecule has 10 heteroatoms. The van der Waals surface area contributed by atoms with Crippen LogP contribution in [0, 0.1) is 18.6 Å². The van der Waals surface area contributed by atoms with Crippen LogP contribution < -0.4 is 20.1 Å².